The molecule has 4 aromatic rings. The first-order chi connectivity index (χ1) is 13.6. The average Bonchev–Trinajstić information content (AvgIpc) is 3.07. The van der Waals surface area contributed by atoms with Crippen molar-refractivity contribution < 1.29 is 4.79 Å². The van der Waals surface area contributed by atoms with Gasteiger partial charge in [-0.3, -0.25) is 9.78 Å². The summed E-state index contributed by atoms with van der Waals surface area (Å²) in [7, 11) is 0. The van der Waals surface area contributed by atoms with Gasteiger partial charge in [-0.05, 0) is 31.5 Å². The number of nitrogens with zero attached hydrogens (tertiary/aromatic N) is 6. The average molecular weight is 428 g/mol. The van der Waals surface area contributed by atoms with Crippen molar-refractivity contribution in [3.8, 4) is 0 Å². The van der Waals surface area contributed by atoms with Crippen molar-refractivity contribution in [2.45, 2.75) is 19.9 Å². The molecule has 5 heterocycles. The van der Waals surface area contributed by atoms with E-state index in [0.717, 1.165) is 37.5 Å². The number of amides is 1. The molecule has 0 spiro atoms. The van der Waals surface area contributed by atoms with Crippen LogP contribution in [0.5, 0.6) is 0 Å². The number of aromatic nitrogens is 5. The molecule has 4 aromatic heterocycles. The number of fused-ring (bicyclic) bond motifs is 3. The minimum absolute atomic E-state index is 0. The van der Waals surface area contributed by atoms with Crippen LogP contribution < -0.4 is 10.2 Å². The van der Waals surface area contributed by atoms with Crippen molar-refractivity contribution in [1.82, 2.24) is 30.5 Å². The molecular weight excluding hydrogens is 410 g/mol. The highest BCUT2D eigenvalue weighted by atomic mass is 35.5. The topological polar surface area (TPSA) is 96.8 Å². The number of carbonyl (C=O) groups is 1. The minimum atomic E-state index is -0.0804. The molecule has 0 bridgehead atoms. The minimum Gasteiger partial charge on any atom is -0.351 e. The van der Waals surface area contributed by atoms with Crippen LogP contribution >= 0.6 is 23.7 Å². The highest BCUT2D eigenvalue weighted by molar-refractivity contribution is 7.26. The zero-order valence-electron chi connectivity index (χ0n) is 15.8. The second kappa shape index (κ2) is 7.49. The molecule has 1 aliphatic rings. The number of nitrogens with one attached hydrogen (secondary N) is 1. The van der Waals surface area contributed by atoms with Crippen LogP contribution in [0.4, 0.5) is 5.82 Å². The van der Waals surface area contributed by atoms with E-state index >= 15 is 0 Å². The van der Waals surface area contributed by atoms with Crippen LogP contribution in [0.1, 0.15) is 21.6 Å². The van der Waals surface area contributed by atoms with Gasteiger partial charge in [0.05, 0.1) is 22.0 Å². The maximum absolute atomic E-state index is 12.3. The van der Waals surface area contributed by atoms with Gasteiger partial charge in [-0.2, -0.15) is 5.10 Å². The first-order valence-corrected chi connectivity index (χ1v) is 9.76. The molecule has 5 rings (SSSR count). The van der Waals surface area contributed by atoms with E-state index in [1.165, 1.54) is 0 Å². The Morgan fingerprint density at radius 2 is 1.93 bits per heavy atom. The second-order valence-electron chi connectivity index (χ2n) is 6.88. The number of halogens is 1. The van der Waals surface area contributed by atoms with E-state index in [-0.39, 0.29) is 24.4 Å². The van der Waals surface area contributed by atoms with Gasteiger partial charge in [0.25, 0.3) is 5.91 Å². The Labute approximate surface area is 176 Å². The third-order valence-corrected chi connectivity index (χ3v) is 6.16. The number of pyridine rings is 1. The molecule has 1 amide bonds. The fourth-order valence-electron chi connectivity index (χ4n) is 3.41. The largest absolute Gasteiger partial charge is 0.351 e. The molecule has 1 aliphatic heterocycles. The Bertz CT molecular complexity index is 1210. The third kappa shape index (κ3) is 3.26. The summed E-state index contributed by atoms with van der Waals surface area (Å²) in [6.07, 6.45) is 4.84. The van der Waals surface area contributed by atoms with Crippen molar-refractivity contribution in [3.05, 3.63) is 47.7 Å². The van der Waals surface area contributed by atoms with E-state index in [2.05, 4.69) is 42.3 Å². The lowest BCUT2D eigenvalue weighted by Crippen LogP contribution is -2.59. The number of thiophene rings is 1. The van der Waals surface area contributed by atoms with E-state index in [9.17, 15) is 4.79 Å². The lowest BCUT2D eigenvalue weighted by molar-refractivity contribution is 0.0930. The monoisotopic (exact) mass is 427 g/mol. The third-order valence-electron chi connectivity index (χ3n) is 5.10. The number of carbonyl (C=O) groups excluding carboxylic acids is 1. The molecule has 8 nitrogen and oxygen atoms in total. The molecule has 29 heavy (non-hydrogen) atoms. The predicted molar refractivity (Wildman–Crippen MR) is 115 cm³/mol. The van der Waals surface area contributed by atoms with Gasteiger partial charge in [0.1, 0.15) is 17.0 Å². The van der Waals surface area contributed by atoms with Crippen molar-refractivity contribution in [1.29, 1.82) is 0 Å². The number of rotatable bonds is 3. The fourth-order valence-corrected chi connectivity index (χ4v) is 4.56. The molecular formula is C19H18ClN7OS. The van der Waals surface area contributed by atoms with E-state index in [0.29, 0.717) is 18.7 Å². The first-order valence-electron chi connectivity index (χ1n) is 8.94. The summed E-state index contributed by atoms with van der Waals surface area (Å²) >= 11 is 1.57. The first kappa shape index (κ1) is 19.4. The molecule has 1 N–H and O–H groups in total. The van der Waals surface area contributed by atoms with Crippen LogP contribution in [-0.2, 0) is 0 Å². The highest BCUT2D eigenvalue weighted by Crippen LogP contribution is 2.38. The normalized spacial score (nSPS) is 13.9. The van der Waals surface area contributed by atoms with Gasteiger partial charge in [0.15, 0.2) is 0 Å². The summed E-state index contributed by atoms with van der Waals surface area (Å²) in [5.74, 6) is 0.808. The number of hydrogen-bond acceptors (Lipinski definition) is 8. The smallest absolute Gasteiger partial charge is 0.251 e. The molecule has 1 saturated heterocycles. The van der Waals surface area contributed by atoms with Crippen LogP contribution in [0, 0.1) is 13.8 Å². The van der Waals surface area contributed by atoms with E-state index < -0.39 is 0 Å². The molecule has 0 aliphatic carbocycles. The Balaban J connectivity index is 0.00000205. The maximum Gasteiger partial charge on any atom is 0.251 e. The standard InChI is InChI=1S/C19H17N7OS.ClH/c1-10-11(2)24-25-19-14(10)15-16(28-19)17(22-9-21-15)26-7-13(8-26)23-18(27)12-3-5-20-6-4-12;/h3-6,9,13H,7-8H2,1-2H3,(H,23,27);1H. The summed E-state index contributed by atoms with van der Waals surface area (Å²) in [4.78, 5) is 28.3. The van der Waals surface area contributed by atoms with Gasteiger partial charge < -0.3 is 10.2 Å². The number of aryl methyl sites for hydroxylation is 2. The van der Waals surface area contributed by atoms with Crippen LogP contribution in [0.25, 0.3) is 20.4 Å². The van der Waals surface area contributed by atoms with Crippen LogP contribution in [0.3, 0.4) is 0 Å². The molecule has 10 heteroatoms. The van der Waals surface area contributed by atoms with Gasteiger partial charge in [0.2, 0.25) is 0 Å². The summed E-state index contributed by atoms with van der Waals surface area (Å²) in [5.41, 5.74) is 3.55. The van der Waals surface area contributed by atoms with E-state index in [1.54, 1.807) is 42.2 Å². The van der Waals surface area contributed by atoms with Crippen LogP contribution in [0.2, 0.25) is 0 Å². The van der Waals surface area contributed by atoms with Crippen LogP contribution in [0.15, 0.2) is 30.9 Å². The highest BCUT2D eigenvalue weighted by Gasteiger charge is 2.31. The Hall–Kier alpha value is -2.91. The molecule has 0 atom stereocenters. The SMILES string of the molecule is Cc1nnc2sc3c(N4CC(NC(=O)c5ccncc5)C4)ncnc3c2c1C.Cl. The van der Waals surface area contributed by atoms with E-state index in [4.69, 9.17) is 0 Å². The van der Waals surface area contributed by atoms with Gasteiger partial charge >= 0.3 is 0 Å². The van der Waals surface area contributed by atoms with Gasteiger partial charge in [-0.25, -0.2) is 9.97 Å². The van der Waals surface area contributed by atoms with Crippen molar-refractivity contribution >= 4 is 55.9 Å². The van der Waals surface area contributed by atoms with Crippen molar-refractivity contribution in [2.24, 2.45) is 0 Å². The molecule has 148 valence electrons. The van der Waals surface area contributed by atoms with Gasteiger partial charge in [-0.15, -0.1) is 28.8 Å². The lowest BCUT2D eigenvalue weighted by atomic mass is 10.1. The number of hydrogen-bond donors (Lipinski definition) is 1. The summed E-state index contributed by atoms with van der Waals surface area (Å²) in [6, 6.07) is 3.51. The van der Waals surface area contributed by atoms with Crippen molar-refractivity contribution in [3.63, 3.8) is 0 Å². The summed E-state index contributed by atoms with van der Waals surface area (Å²) in [5, 5.41) is 12.7. The second-order valence-corrected chi connectivity index (χ2v) is 7.88. The fraction of sp³-hybridized carbons (Fsp3) is 0.263. The Morgan fingerprint density at radius 3 is 2.69 bits per heavy atom. The molecule has 0 saturated carbocycles. The zero-order valence-corrected chi connectivity index (χ0v) is 17.4. The summed E-state index contributed by atoms with van der Waals surface area (Å²) < 4.78 is 1.01. The quantitative estimate of drug-likeness (QED) is 0.536. The molecule has 0 aromatic carbocycles. The Kier molecular flexibility index (Phi) is 5.01. The van der Waals surface area contributed by atoms with Gasteiger partial charge in [-0.1, -0.05) is 0 Å². The maximum atomic E-state index is 12.3. The van der Waals surface area contributed by atoms with Crippen LogP contribution in [-0.4, -0.2) is 50.2 Å². The van der Waals surface area contributed by atoms with Crippen molar-refractivity contribution in [2.75, 3.05) is 18.0 Å². The summed E-state index contributed by atoms with van der Waals surface area (Å²) in [6.45, 7) is 5.43. The molecule has 1 fully saturated rings. The van der Waals surface area contributed by atoms with Gasteiger partial charge in [0, 0.05) is 36.4 Å². The Morgan fingerprint density at radius 1 is 1.17 bits per heavy atom. The molecule has 0 unspecified atom stereocenters. The zero-order chi connectivity index (χ0) is 19.3. The lowest BCUT2D eigenvalue weighted by Gasteiger charge is -2.40. The number of anilines is 1. The molecule has 0 radical (unpaired) electrons. The predicted octanol–water partition coefficient (Wildman–Crippen LogP) is 2.69. The van der Waals surface area contributed by atoms with E-state index in [1.807, 2.05) is 6.92 Å².